The van der Waals surface area contributed by atoms with Gasteiger partial charge in [0, 0.05) is 55.9 Å². The normalized spacial score (nSPS) is 18.8. The Balaban J connectivity index is 1.58. The second-order valence-corrected chi connectivity index (χ2v) is 9.94. The van der Waals surface area contributed by atoms with Crippen molar-refractivity contribution in [3.05, 3.63) is 53.5 Å². The predicted octanol–water partition coefficient (Wildman–Crippen LogP) is 4.37. The highest BCUT2D eigenvalue weighted by Gasteiger charge is 2.36. The van der Waals surface area contributed by atoms with Gasteiger partial charge in [0.2, 0.25) is 5.91 Å². The molecule has 6 rings (SSSR count). The van der Waals surface area contributed by atoms with E-state index in [0.29, 0.717) is 41.9 Å². The van der Waals surface area contributed by atoms with Crippen LogP contribution in [0.1, 0.15) is 48.8 Å². The summed E-state index contributed by atoms with van der Waals surface area (Å²) in [6.07, 6.45) is 5.37. The van der Waals surface area contributed by atoms with Crippen LogP contribution < -0.4 is 0 Å². The number of fused-ring (bicyclic) bond motifs is 2. The van der Waals surface area contributed by atoms with Crippen molar-refractivity contribution in [2.45, 2.75) is 45.2 Å². The van der Waals surface area contributed by atoms with Crippen LogP contribution in [0.25, 0.3) is 33.4 Å². The van der Waals surface area contributed by atoms with E-state index in [1.807, 2.05) is 33.2 Å². The summed E-state index contributed by atoms with van der Waals surface area (Å²) >= 11 is 0. The van der Waals surface area contributed by atoms with Crippen LogP contribution in [0.3, 0.4) is 0 Å². The third kappa shape index (κ3) is 3.52. The van der Waals surface area contributed by atoms with Crippen molar-refractivity contribution in [1.82, 2.24) is 29.2 Å². The van der Waals surface area contributed by atoms with E-state index >= 15 is 4.39 Å². The lowest BCUT2D eigenvalue weighted by molar-refractivity contribution is -0.135. The lowest BCUT2D eigenvalue weighted by Gasteiger charge is -2.32. The number of halogens is 1. The molecule has 4 aromatic rings. The molecule has 2 aliphatic rings. The molecule has 1 unspecified atom stereocenters. The van der Waals surface area contributed by atoms with Gasteiger partial charge in [0.25, 0.3) is 0 Å². The maximum absolute atomic E-state index is 15.7. The number of nitrogens with zero attached hydrogens (tertiary/aromatic N) is 6. The molecule has 36 heavy (non-hydrogen) atoms. The SMILES string of the molecule is Cc1cc2c(-c3nc(C4CCOCC4)n4c3CN(C)C(=O)C4C)c(F)ccc2nc1-c1cnn(C)c1. The Morgan fingerprint density at radius 2 is 1.89 bits per heavy atom. The van der Waals surface area contributed by atoms with Crippen molar-refractivity contribution < 1.29 is 13.9 Å². The smallest absolute Gasteiger partial charge is 0.245 e. The zero-order chi connectivity index (χ0) is 25.1. The van der Waals surface area contributed by atoms with Gasteiger partial charge in [0.1, 0.15) is 17.7 Å². The molecule has 0 saturated carbocycles. The molecule has 1 amide bonds. The molecule has 0 N–H and O–H groups in total. The number of aryl methyl sites for hydroxylation is 2. The van der Waals surface area contributed by atoms with E-state index in [1.54, 1.807) is 28.9 Å². The molecular weight excluding hydrogens is 459 g/mol. The van der Waals surface area contributed by atoms with Crippen LogP contribution in [0.15, 0.2) is 30.6 Å². The lowest BCUT2D eigenvalue weighted by Crippen LogP contribution is -2.40. The summed E-state index contributed by atoms with van der Waals surface area (Å²) < 4.78 is 25.0. The highest BCUT2D eigenvalue weighted by Crippen LogP contribution is 2.41. The van der Waals surface area contributed by atoms with Gasteiger partial charge < -0.3 is 14.2 Å². The van der Waals surface area contributed by atoms with Gasteiger partial charge in [-0.25, -0.2) is 14.4 Å². The number of imidazole rings is 1. The summed E-state index contributed by atoms with van der Waals surface area (Å²) in [5.74, 6) is 0.714. The standard InChI is InChI=1S/C27H29FN6O2/c1-15-11-19-21(30-24(15)18-12-29-33(4)13-18)6-5-20(28)23(19)25-22-14-32(3)27(35)16(2)34(22)26(31-25)17-7-9-36-10-8-17/h5-6,11-13,16-17H,7-10,14H2,1-4H3. The number of hydrogen-bond acceptors (Lipinski definition) is 5. The first-order valence-electron chi connectivity index (χ1n) is 12.4. The van der Waals surface area contributed by atoms with E-state index in [4.69, 9.17) is 14.7 Å². The van der Waals surface area contributed by atoms with Crippen LogP contribution in [-0.4, -0.2) is 55.4 Å². The second-order valence-electron chi connectivity index (χ2n) is 9.94. The zero-order valence-corrected chi connectivity index (χ0v) is 21.0. The Labute approximate surface area is 208 Å². The summed E-state index contributed by atoms with van der Waals surface area (Å²) in [4.78, 5) is 24.6. The van der Waals surface area contributed by atoms with Gasteiger partial charge in [0.05, 0.1) is 35.3 Å². The maximum Gasteiger partial charge on any atom is 0.245 e. The van der Waals surface area contributed by atoms with Crippen molar-refractivity contribution in [2.75, 3.05) is 20.3 Å². The number of pyridine rings is 1. The van der Waals surface area contributed by atoms with Crippen LogP contribution >= 0.6 is 0 Å². The summed E-state index contributed by atoms with van der Waals surface area (Å²) in [5.41, 5.74) is 5.27. The molecule has 8 nitrogen and oxygen atoms in total. The van der Waals surface area contributed by atoms with Crippen molar-refractivity contribution >= 4 is 16.8 Å². The van der Waals surface area contributed by atoms with Gasteiger partial charge in [0.15, 0.2) is 0 Å². The zero-order valence-electron chi connectivity index (χ0n) is 21.0. The van der Waals surface area contributed by atoms with Crippen molar-refractivity contribution in [2.24, 2.45) is 7.05 Å². The predicted molar refractivity (Wildman–Crippen MR) is 134 cm³/mol. The Bertz CT molecular complexity index is 1500. The summed E-state index contributed by atoms with van der Waals surface area (Å²) in [7, 11) is 3.66. The molecule has 9 heteroatoms. The van der Waals surface area contributed by atoms with E-state index in [-0.39, 0.29) is 17.6 Å². The number of carbonyl (C=O) groups is 1. The van der Waals surface area contributed by atoms with Crippen LogP contribution in [0, 0.1) is 12.7 Å². The highest BCUT2D eigenvalue weighted by molar-refractivity contribution is 5.97. The van der Waals surface area contributed by atoms with Gasteiger partial charge in [-0.2, -0.15) is 5.10 Å². The van der Waals surface area contributed by atoms with Gasteiger partial charge >= 0.3 is 0 Å². The second kappa shape index (κ2) is 8.51. The average molecular weight is 489 g/mol. The van der Waals surface area contributed by atoms with Crippen molar-refractivity contribution in [3.8, 4) is 22.5 Å². The number of hydrogen-bond donors (Lipinski definition) is 0. The Morgan fingerprint density at radius 1 is 1.11 bits per heavy atom. The Kier molecular flexibility index (Phi) is 5.40. The fraction of sp³-hybridized carbons (Fsp3) is 0.407. The van der Waals surface area contributed by atoms with E-state index in [0.717, 1.165) is 41.2 Å². The molecule has 1 aromatic carbocycles. The molecule has 0 aliphatic carbocycles. The first-order valence-corrected chi connectivity index (χ1v) is 12.4. The molecule has 1 fully saturated rings. The van der Waals surface area contributed by atoms with E-state index in [9.17, 15) is 4.79 Å². The fourth-order valence-corrected chi connectivity index (χ4v) is 5.64. The number of likely N-dealkylation sites (N-methyl/N-ethyl adjacent to an activating group) is 1. The molecule has 2 aliphatic heterocycles. The van der Waals surface area contributed by atoms with Gasteiger partial charge in [-0.15, -0.1) is 0 Å². The topological polar surface area (TPSA) is 78.1 Å². The van der Waals surface area contributed by atoms with Gasteiger partial charge in [-0.05, 0) is 50.5 Å². The van der Waals surface area contributed by atoms with E-state index < -0.39 is 6.04 Å². The van der Waals surface area contributed by atoms with E-state index in [1.165, 1.54) is 6.07 Å². The molecule has 0 spiro atoms. The molecule has 0 radical (unpaired) electrons. The molecule has 5 heterocycles. The molecule has 3 aromatic heterocycles. The number of rotatable bonds is 3. The van der Waals surface area contributed by atoms with E-state index in [2.05, 4.69) is 9.67 Å². The number of benzene rings is 1. The number of aromatic nitrogens is 5. The third-order valence-corrected chi connectivity index (χ3v) is 7.49. The Hall–Kier alpha value is -3.59. The highest BCUT2D eigenvalue weighted by atomic mass is 19.1. The van der Waals surface area contributed by atoms with Crippen LogP contribution in [0.4, 0.5) is 4.39 Å². The monoisotopic (exact) mass is 488 g/mol. The largest absolute Gasteiger partial charge is 0.381 e. The molecule has 0 bridgehead atoms. The summed E-state index contributed by atoms with van der Waals surface area (Å²) in [5, 5.41) is 4.99. The average Bonchev–Trinajstić information content (AvgIpc) is 3.46. The summed E-state index contributed by atoms with van der Waals surface area (Å²) in [6.45, 7) is 5.58. The van der Waals surface area contributed by atoms with Crippen LogP contribution in [0.2, 0.25) is 0 Å². The minimum Gasteiger partial charge on any atom is -0.381 e. The number of amides is 1. The Morgan fingerprint density at radius 3 is 2.61 bits per heavy atom. The number of carbonyl (C=O) groups excluding carboxylic acids is 1. The maximum atomic E-state index is 15.7. The first-order chi connectivity index (χ1) is 17.3. The molecule has 1 saturated heterocycles. The minimum atomic E-state index is -0.395. The third-order valence-electron chi connectivity index (χ3n) is 7.49. The van der Waals surface area contributed by atoms with Gasteiger partial charge in [-0.3, -0.25) is 9.48 Å². The minimum absolute atomic E-state index is 0.0387. The molecule has 1 atom stereocenters. The van der Waals surface area contributed by atoms with Crippen molar-refractivity contribution in [1.29, 1.82) is 0 Å². The van der Waals surface area contributed by atoms with Crippen LogP contribution in [-0.2, 0) is 23.1 Å². The first kappa shape index (κ1) is 22.8. The summed E-state index contributed by atoms with van der Waals surface area (Å²) in [6, 6.07) is 4.78. The number of ether oxygens (including phenoxy) is 1. The molecule has 186 valence electrons. The quantitative estimate of drug-likeness (QED) is 0.428. The van der Waals surface area contributed by atoms with Crippen molar-refractivity contribution in [3.63, 3.8) is 0 Å². The molecular formula is C27H29FN6O2. The van der Waals surface area contributed by atoms with Gasteiger partial charge in [-0.1, -0.05) is 0 Å². The fourth-order valence-electron chi connectivity index (χ4n) is 5.64. The lowest BCUT2D eigenvalue weighted by atomic mass is 9.98. The van der Waals surface area contributed by atoms with Crippen LogP contribution in [0.5, 0.6) is 0 Å².